The molecule has 0 radical (unpaired) electrons. The van der Waals surface area contributed by atoms with Crippen molar-refractivity contribution >= 4 is 40.7 Å². The molecule has 1 N–H and O–H groups in total. The van der Waals surface area contributed by atoms with E-state index in [9.17, 15) is 9.59 Å². The number of nitrogens with one attached hydrogen (secondary N) is 1. The van der Waals surface area contributed by atoms with E-state index in [1.165, 1.54) is 23.1 Å². The maximum absolute atomic E-state index is 12.6. The second-order valence-electron chi connectivity index (χ2n) is 6.76. The number of esters is 1. The first-order chi connectivity index (χ1) is 15.6. The fourth-order valence-electron chi connectivity index (χ4n) is 2.76. The molecule has 7 nitrogen and oxygen atoms in total. The van der Waals surface area contributed by atoms with Crippen molar-refractivity contribution in [1.82, 2.24) is 10.1 Å². The lowest BCUT2D eigenvalue weighted by molar-refractivity contribution is -0.113. The summed E-state index contributed by atoms with van der Waals surface area (Å²) in [6.45, 7) is 1.85. The summed E-state index contributed by atoms with van der Waals surface area (Å²) in [4.78, 5) is 30.7. The van der Waals surface area contributed by atoms with Gasteiger partial charge in [-0.25, -0.2) is 4.79 Å². The average Bonchev–Trinajstić information content (AvgIpc) is 3.50. The number of carbonyl (C=O) groups is 2. The lowest BCUT2D eigenvalue weighted by Crippen LogP contribution is -2.14. The molecule has 0 atom stereocenters. The number of thioether (sulfide) groups is 1. The van der Waals surface area contributed by atoms with Crippen molar-refractivity contribution in [3.63, 3.8) is 0 Å². The molecule has 9 heteroatoms. The summed E-state index contributed by atoms with van der Waals surface area (Å²) in [6, 6.07) is 18.3. The van der Waals surface area contributed by atoms with Gasteiger partial charge in [0.05, 0.1) is 16.2 Å². The SMILES string of the molecule is Cc1ccc(NC(=O)CSc2ccccc2C(=O)OCc2nc(-c3cccs3)no2)cc1. The zero-order valence-electron chi connectivity index (χ0n) is 17.1. The predicted octanol–water partition coefficient (Wildman–Crippen LogP) is 5.19. The summed E-state index contributed by atoms with van der Waals surface area (Å²) in [6.07, 6.45) is 0. The first-order valence-corrected chi connectivity index (χ1v) is 11.6. The number of carbonyl (C=O) groups excluding carboxylic acids is 2. The normalized spacial score (nSPS) is 10.7. The van der Waals surface area contributed by atoms with Crippen LogP contribution in [0.3, 0.4) is 0 Å². The van der Waals surface area contributed by atoms with Crippen molar-refractivity contribution < 1.29 is 18.8 Å². The Balaban J connectivity index is 1.33. The number of rotatable bonds is 8. The lowest BCUT2D eigenvalue weighted by atomic mass is 10.2. The highest BCUT2D eigenvalue weighted by molar-refractivity contribution is 8.00. The summed E-state index contributed by atoms with van der Waals surface area (Å²) >= 11 is 2.76. The van der Waals surface area contributed by atoms with Crippen LogP contribution >= 0.6 is 23.1 Å². The molecule has 2 aromatic heterocycles. The second kappa shape index (κ2) is 10.3. The summed E-state index contributed by atoms with van der Waals surface area (Å²) in [7, 11) is 0. The van der Waals surface area contributed by atoms with E-state index in [0.717, 1.165) is 16.1 Å². The third-order valence-corrected chi connectivity index (χ3v) is 6.28. The average molecular weight is 466 g/mol. The summed E-state index contributed by atoms with van der Waals surface area (Å²) in [5, 5.41) is 8.66. The highest BCUT2D eigenvalue weighted by Gasteiger charge is 2.16. The van der Waals surface area contributed by atoms with Crippen molar-refractivity contribution in [2.45, 2.75) is 18.4 Å². The molecule has 0 aliphatic heterocycles. The van der Waals surface area contributed by atoms with E-state index in [-0.39, 0.29) is 24.2 Å². The minimum Gasteiger partial charge on any atom is -0.452 e. The summed E-state index contributed by atoms with van der Waals surface area (Å²) in [5.41, 5.74) is 2.22. The van der Waals surface area contributed by atoms with Gasteiger partial charge < -0.3 is 14.6 Å². The van der Waals surface area contributed by atoms with E-state index in [1.807, 2.05) is 54.8 Å². The van der Waals surface area contributed by atoms with Gasteiger partial charge >= 0.3 is 5.97 Å². The Morgan fingerprint density at radius 2 is 1.91 bits per heavy atom. The molecule has 162 valence electrons. The van der Waals surface area contributed by atoms with Crippen LogP contribution in [-0.4, -0.2) is 27.8 Å². The minimum atomic E-state index is -0.525. The van der Waals surface area contributed by atoms with E-state index < -0.39 is 5.97 Å². The standard InChI is InChI=1S/C23H19N3O4S2/c1-15-8-10-16(11-9-15)24-20(27)14-32-18-6-3-2-5-17(18)23(28)29-13-21-25-22(26-30-21)19-7-4-12-31-19/h2-12H,13-14H2,1H3,(H,24,27). The van der Waals surface area contributed by atoms with Gasteiger partial charge in [-0.05, 0) is 42.6 Å². The van der Waals surface area contributed by atoms with Crippen molar-refractivity contribution in [3.8, 4) is 10.7 Å². The van der Waals surface area contributed by atoms with Gasteiger partial charge in [0.1, 0.15) is 0 Å². The van der Waals surface area contributed by atoms with Crippen LogP contribution in [-0.2, 0) is 16.1 Å². The van der Waals surface area contributed by atoms with Crippen molar-refractivity contribution in [1.29, 1.82) is 0 Å². The molecule has 0 aliphatic carbocycles. The number of amides is 1. The van der Waals surface area contributed by atoms with E-state index >= 15 is 0 Å². The van der Waals surface area contributed by atoms with E-state index in [1.54, 1.807) is 18.2 Å². The zero-order chi connectivity index (χ0) is 22.3. The molecule has 4 aromatic rings. The molecule has 32 heavy (non-hydrogen) atoms. The number of benzene rings is 2. The third-order valence-electron chi connectivity index (χ3n) is 4.34. The van der Waals surface area contributed by atoms with E-state index in [0.29, 0.717) is 16.3 Å². The van der Waals surface area contributed by atoms with Crippen LogP contribution in [0.2, 0.25) is 0 Å². The Hall–Kier alpha value is -3.43. The molecule has 4 rings (SSSR count). The maximum atomic E-state index is 12.6. The first kappa shape index (κ1) is 21.8. The van der Waals surface area contributed by atoms with Crippen molar-refractivity contribution in [2.24, 2.45) is 0 Å². The monoisotopic (exact) mass is 465 g/mol. The Kier molecular flexibility index (Phi) is 6.98. The highest BCUT2D eigenvalue weighted by Crippen LogP contribution is 2.25. The molecular weight excluding hydrogens is 446 g/mol. The van der Waals surface area contributed by atoms with E-state index in [2.05, 4.69) is 15.5 Å². The molecule has 1 amide bonds. The van der Waals surface area contributed by atoms with Gasteiger partial charge in [0.2, 0.25) is 11.7 Å². The number of hydrogen-bond donors (Lipinski definition) is 1. The van der Waals surface area contributed by atoms with Crippen molar-refractivity contribution in [2.75, 3.05) is 11.1 Å². The second-order valence-corrected chi connectivity index (χ2v) is 8.73. The highest BCUT2D eigenvalue weighted by atomic mass is 32.2. The quantitative estimate of drug-likeness (QED) is 0.282. The number of ether oxygens (including phenoxy) is 1. The van der Waals surface area contributed by atoms with Gasteiger partial charge in [-0.15, -0.1) is 23.1 Å². The van der Waals surface area contributed by atoms with Gasteiger partial charge in [-0.1, -0.05) is 41.1 Å². The minimum absolute atomic E-state index is 0.135. The first-order valence-electron chi connectivity index (χ1n) is 9.70. The number of anilines is 1. The number of aromatic nitrogens is 2. The molecule has 0 saturated heterocycles. The molecule has 2 heterocycles. The largest absolute Gasteiger partial charge is 0.452 e. The van der Waals surface area contributed by atoms with Gasteiger partial charge in [0.15, 0.2) is 6.61 Å². The summed E-state index contributed by atoms with van der Waals surface area (Å²) < 4.78 is 10.5. The molecular formula is C23H19N3O4S2. The van der Waals surface area contributed by atoms with Crippen LogP contribution in [0.1, 0.15) is 21.8 Å². The Morgan fingerprint density at radius 1 is 1.09 bits per heavy atom. The van der Waals surface area contributed by atoms with Crippen LogP contribution in [0.25, 0.3) is 10.7 Å². The van der Waals surface area contributed by atoms with E-state index in [4.69, 9.17) is 9.26 Å². The van der Waals surface area contributed by atoms with Crippen LogP contribution in [0.5, 0.6) is 0 Å². The summed E-state index contributed by atoms with van der Waals surface area (Å²) in [5.74, 6) is 0.147. The Labute approximate surface area is 192 Å². The van der Waals surface area contributed by atoms with Gasteiger partial charge in [0, 0.05) is 10.6 Å². The fourth-order valence-corrected chi connectivity index (χ4v) is 4.25. The fraction of sp³-hybridized carbons (Fsp3) is 0.130. The number of hydrogen-bond acceptors (Lipinski definition) is 8. The molecule has 0 unspecified atom stereocenters. The van der Waals surface area contributed by atoms with Gasteiger partial charge in [0.25, 0.3) is 5.89 Å². The Bertz CT molecular complexity index is 1200. The van der Waals surface area contributed by atoms with Crippen LogP contribution in [0, 0.1) is 6.92 Å². The number of nitrogens with zero attached hydrogens (tertiary/aromatic N) is 2. The molecule has 2 aromatic carbocycles. The zero-order valence-corrected chi connectivity index (χ0v) is 18.7. The van der Waals surface area contributed by atoms with Gasteiger partial charge in [-0.3, -0.25) is 4.79 Å². The van der Waals surface area contributed by atoms with Crippen LogP contribution in [0.15, 0.2) is 75.5 Å². The predicted molar refractivity (Wildman–Crippen MR) is 124 cm³/mol. The van der Waals surface area contributed by atoms with Gasteiger partial charge in [-0.2, -0.15) is 4.98 Å². The Morgan fingerprint density at radius 3 is 2.69 bits per heavy atom. The number of thiophene rings is 1. The smallest absolute Gasteiger partial charge is 0.339 e. The lowest BCUT2D eigenvalue weighted by Gasteiger charge is -2.09. The molecule has 0 bridgehead atoms. The molecule has 0 fully saturated rings. The molecule has 0 spiro atoms. The third kappa shape index (κ3) is 5.63. The van der Waals surface area contributed by atoms with Crippen molar-refractivity contribution in [3.05, 3.63) is 83.1 Å². The molecule has 0 aliphatic rings. The number of aryl methyl sites for hydroxylation is 1. The van der Waals surface area contributed by atoms with Crippen LogP contribution < -0.4 is 5.32 Å². The molecule has 0 saturated carbocycles. The van der Waals surface area contributed by atoms with Crippen LogP contribution in [0.4, 0.5) is 5.69 Å². The topological polar surface area (TPSA) is 94.3 Å². The maximum Gasteiger partial charge on any atom is 0.339 e.